The Labute approximate surface area is 206 Å². The number of aliphatic carboxylic acids is 1. The number of nitrogens with zero attached hydrogens (tertiary/aromatic N) is 4. The highest BCUT2D eigenvalue weighted by atomic mass is 35.5. The van der Waals surface area contributed by atoms with Crippen LogP contribution in [0.3, 0.4) is 0 Å². The topological polar surface area (TPSA) is 92.9 Å². The van der Waals surface area contributed by atoms with E-state index in [1.807, 2.05) is 0 Å². The molecule has 2 aromatic heterocycles. The summed E-state index contributed by atoms with van der Waals surface area (Å²) in [4.78, 5) is 19.5. The molecule has 0 aliphatic heterocycles. The van der Waals surface area contributed by atoms with Crippen LogP contribution in [0.1, 0.15) is 17.0 Å². The van der Waals surface area contributed by atoms with Gasteiger partial charge in [-0.2, -0.15) is 23.3 Å². The quantitative estimate of drug-likeness (QED) is 0.231. The first kappa shape index (κ1) is 24.9. The molecule has 0 unspecified atom stereocenters. The van der Waals surface area contributed by atoms with Gasteiger partial charge >= 0.3 is 12.1 Å². The summed E-state index contributed by atoms with van der Waals surface area (Å²) in [6.07, 6.45) is -0.938. The standard InChI is InChI=1S/C24H16ClF4N5O2/c1-13-9-20(24(27,28)29)33-34(13)22-17(15-4-2-3-14(10-15)5-8-21(35)36)12-30-23(32-22)31-16-6-7-19(26)18(25)11-16/h2-12H,1H3,(H,35,36)(H,30,31,32). The van der Waals surface area contributed by atoms with Crippen molar-refractivity contribution in [2.45, 2.75) is 13.1 Å². The number of aryl methyl sites for hydroxylation is 1. The van der Waals surface area contributed by atoms with Crippen LogP contribution in [0.25, 0.3) is 23.0 Å². The van der Waals surface area contributed by atoms with E-state index in [-0.39, 0.29) is 22.5 Å². The van der Waals surface area contributed by atoms with Crippen molar-refractivity contribution in [3.63, 3.8) is 0 Å². The third kappa shape index (κ3) is 5.52. The number of carboxylic acids is 1. The van der Waals surface area contributed by atoms with Crippen molar-refractivity contribution < 1.29 is 27.5 Å². The van der Waals surface area contributed by atoms with E-state index in [4.69, 9.17) is 16.7 Å². The Morgan fingerprint density at radius 3 is 2.61 bits per heavy atom. The molecule has 184 valence electrons. The first-order valence-electron chi connectivity index (χ1n) is 10.3. The molecule has 0 saturated carbocycles. The molecule has 0 aliphatic rings. The van der Waals surface area contributed by atoms with E-state index in [2.05, 4.69) is 20.4 Å². The fourth-order valence-electron chi connectivity index (χ4n) is 3.31. The minimum Gasteiger partial charge on any atom is -0.478 e. The van der Waals surface area contributed by atoms with E-state index in [0.717, 1.165) is 22.9 Å². The fourth-order valence-corrected chi connectivity index (χ4v) is 3.49. The summed E-state index contributed by atoms with van der Waals surface area (Å²) in [5.74, 6) is -1.72. The van der Waals surface area contributed by atoms with Gasteiger partial charge in [0.1, 0.15) is 5.82 Å². The molecule has 0 saturated heterocycles. The minimum atomic E-state index is -4.67. The summed E-state index contributed by atoms with van der Waals surface area (Å²) in [6.45, 7) is 1.45. The van der Waals surface area contributed by atoms with Crippen molar-refractivity contribution in [2.75, 3.05) is 5.32 Å². The number of halogens is 5. The van der Waals surface area contributed by atoms with Gasteiger partial charge in [0.05, 0.1) is 5.02 Å². The van der Waals surface area contributed by atoms with Gasteiger partial charge in [0.25, 0.3) is 0 Å². The van der Waals surface area contributed by atoms with Crippen LogP contribution in [-0.2, 0) is 11.0 Å². The summed E-state index contributed by atoms with van der Waals surface area (Å²) >= 11 is 5.82. The first-order chi connectivity index (χ1) is 17.0. The second-order valence-electron chi connectivity index (χ2n) is 7.56. The monoisotopic (exact) mass is 517 g/mol. The molecule has 2 aromatic carbocycles. The van der Waals surface area contributed by atoms with Gasteiger partial charge in [-0.05, 0) is 54.5 Å². The van der Waals surface area contributed by atoms with Crippen molar-refractivity contribution in [2.24, 2.45) is 0 Å². The molecule has 0 spiro atoms. The smallest absolute Gasteiger partial charge is 0.435 e. The van der Waals surface area contributed by atoms with Crippen LogP contribution in [0.5, 0.6) is 0 Å². The molecule has 0 fully saturated rings. The number of anilines is 2. The van der Waals surface area contributed by atoms with E-state index >= 15 is 0 Å². The minimum absolute atomic E-state index is 0.00168. The molecule has 36 heavy (non-hydrogen) atoms. The van der Waals surface area contributed by atoms with E-state index in [9.17, 15) is 22.4 Å². The largest absolute Gasteiger partial charge is 0.478 e. The van der Waals surface area contributed by atoms with Crippen LogP contribution >= 0.6 is 11.6 Å². The van der Waals surface area contributed by atoms with Crippen molar-refractivity contribution >= 4 is 35.3 Å². The van der Waals surface area contributed by atoms with Gasteiger partial charge in [0.2, 0.25) is 5.95 Å². The number of alkyl halides is 3. The molecular weight excluding hydrogens is 502 g/mol. The van der Waals surface area contributed by atoms with Gasteiger partial charge in [-0.25, -0.2) is 18.9 Å². The van der Waals surface area contributed by atoms with Gasteiger partial charge in [-0.15, -0.1) is 0 Å². The number of carbonyl (C=O) groups is 1. The molecule has 0 atom stereocenters. The zero-order chi connectivity index (χ0) is 26.0. The van der Waals surface area contributed by atoms with Crippen LogP contribution in [0.15, 0.2) is 60.8 Å². The Kier molecular flexibility index (Phi) is 6.75. The predicted octanol–water partition coefficient (Wildman–Crippen LogP) is 6.29. The van der Waals surface area contributed by atoms with Gasteiger partial charge in [-0.1, -0.05) is 29.8 Å². The van der Waals surface area contributed by atoms with Crippen LogP contribution < -0.4 is 5.32 Å². The average molecular weight is 518 g/mol. The van der Waals surface area contributed by atoms with Crippen LogP contribution in [0, 0.1) is 12.7 Å². The van der Waals surface area contributed by atoms with Crippen LogP contribution in [0.4, 0.5) is 29.2 Å². The molecule has 0 radical (unpaired) electrons. The van der Waals surface area contributed by atoms with Crippen LogP contribution in [0.2, 0.25) is 5.02 Å². The molecule has 2 N–H and O–H groups in total. The first-order valence-corrected chi connectivity index (χ1v) is 10.6. The summed E-state index contributed by atoms with van der Waals surface area (Å²) in [5.41, 5.74) is 0.814. The second kappa shape index (κ2) is 9.78. The molecule has 4 aromatic rings. The zero-order valence-electron chi connectivity index (χ0n) is 18.4. The second-order valence-corrected chi connectivity index (χ2v) is 7.97. The number of rotatable bonds is 6. The SMILES string of the molecule is Cc1cc(C(F)(F)F)nn1-c1nc(Nc2ccc(F)c(Cl)c2)ncc1-c1cccc(C=CC(=O)O)c1. The van der Waals surface area contributed by atoms with E-state index in [1.165, 1.54) is 31.3 Å². The van der Waals surface area contributed by atoms with Gasteiger partial charge in [0, 0.05) is 29.2 Å². The maximum Gasteiger partial charge on any atom is 0.435 e. The van der Waals surface area contributed by atoms with Gasteiger partial charge in [0.15, 0.2) is 11.5 Å². The van der Waals surface area contributed by atoms with Crippen LogP contribution in [-0.4, -0.2) is 30.8 Å². The van der Waals surface area contributed by atoms with Crippen molar-refractivity contribution in [3.8, 4) is 16.9 Å². The predicted molar refractivity (Wildman–Crippen MR) is 126 cm³/mol. The lowest BCUT2D eigenvalue weighted by molar-refractivity contribution is -0.141. The third-order valence-corrected chi connectivity index (χ3v) is 5.23. The number of hydrogen-bond donors (Lipinski definition) is 2. The molecule has 4 rings (SSSR count). The zero-order valence-corrected chi connectivity index (χ0v) is 19.1. The Balaban J connectivity index is 1.84. The van der Waals surface area contributed by atoms with Gasteiger partial charge in [-0.3, -0.25) is 0 Å². The van der Waals surface area contributed by atoms with Crippen molar-refractivity contribution in [1.29, 1.82) is 0 Å². The molecule has 12 heteroatoms. The molecule has 0 amide bonds. The lowest BCUT2D eigenvalue weighted by Gasteiger charge is -2.13. The number of hydrogen-bond acceptors (Lipinski definition) is 5. The molecule has 0 bridgehead atoms. The average Bonchev–Trinajstić information content (AvgIpc) is 3.22. The van der Waals surface area contributed by atoms with E-state index in [0.29, 0.717) is 22.4 Å². The number of nitrogens with one attached hydrogen (secondary N) is 1. The maximum absolute atomic E-state index is 13.5. The summed E-state index contributed by atoms with van der Waals surface area (Å²) < 4.78 is 54.6. The Morgan fingerprint density at radius 1 is 1.17 bits per heavy atom. The fraction of sp³-hybridized carbons (Fsp3) is 0.0833. The number of benzene rings is 2. The van der Waals surface area contributed by atoms with Gasteiger partial charge < -0.3 is 10.4 Å². The van der Waals surface area contributed by atoms with Crippen molar-refractivity contribution in [3.05, 3.63) is 88.6 Å². The molecule has 0 aliphatic carbocycles. The lowest BCUT2D eigenvalue weighted by Crippen LogP contribution is -2.10. The lowest BCUT2D eigenvalue weighted by atomic mass is 10.0. The third-order valence-electron chi connectivity index (χ3n) is 4.94. The Hall–Kier alpha value is -4.25. The highest BCUT2D eigenvalue weighted by molar-refractivity contribution is 6.31. The molecule has 2 heterocycles. The van der Waals surface area contributed by atoms with Crippen molar-refractivity contribution in [1.82, 2.24) is 19.7 Å². The number of carboxylic acid groups (broad SMARTS) is 1. The Bertz CT molecular complexity index is 1480. The summed E-state index contributed by atoms with van der Waals surface area (Å²) in [6, 6.07) is 11.4. The molecular formula is C24H16ClF4N5O2. The normalized spacial score (nSPS) is 11.7. The van der Waals surface area contributed by atoms with E-state index in [1.54, 1.807) is 24.3 Å². The highest BCUT2D eigenvalue weighted by Crippen LogP contribution is 2.32. The Morgan fingerprint density at radius 2 is 1.94 bits per heavy atom. The molecule has 7 nitrogen and oxygen atoms in total. The highest BCUT2D eigenvalue weighted by Gasteiger charge is 2.35. The van der Waals surface area contributed by atoms with E-state index < -0.39 is 23.7 Å². The summed E-state index contributed by atoms with van der Waals surface area (Å²) in [5, 5.41) is 15.3. The maximum atomic E-state index is 13.5. The number of aromatic nitrogens is 4. The summed E-state index contributed by atoms with van der Waals surface area (Å²) in [7, 11) is 0.